The Morgan fingerprint density at radius 2 is 2.20 bits per heavy atom. The summed E-state index contributed by atoms with van der Waals surface area (Å²) in [7, 11) is 1.79. The molecule has 0 saturated carbocycles. The van der Waals surface area contributed by atoms with Gasteiger partial charge < -0.3 is 10.1 Å². The predicted octanol–water partition coefficient (Wildman–Crippen LogP) is 1.05. The minimum atomic E-state index is 0. The van der Waals surface area contributed by atoms with E-state index in [9.17, 15) is 0 Å². The minimum Gasteiger partial charge on any atom is -0.380 e. The SMILES string of the molecule is COC1CNCCC1C.Cl. The molecule has 1 rings (SSSR count). The molecule has 0 bridgehead atoms. The van der Waals surface area contributed by atoms with Crippen LogP contribution < -0.4 is 5.32 Å². The maximum atomic E-state index is 5.24. The number of hydrogen-bond acceptors (Lipinski definition) is 2. The fraction of sp³-hybridized carbons (Fsp3) is 1.00. The third-order valence-corrected chi connectivity index (χ3v) is 2.06. The first-order valence-corrected chi connectivity index (χ1v) is 3.58. The van der Waals surface area contributed by atoms with Crippen LogP contribution in [0.3, 0.4) is 0 Å². The molecule has 3 heteroatoms. The van der Waals surface area contributed by atoms with Gasteiger partial charge in [0.2, 0.25) is 0 Å². The van der Waals surface area contributed by atoms with Gasteiger partial charge in [0.15, 0.2) is 0 Å². The molecule has 0 aromatic rings. The largest absolute Gasteiger partial charge is 0.380 e. The third-order valence-electron chi connectivity index (χ3n) is 2.06. The molecule has 0 aromatic heterocycles. The van der Waals surface area contributed by atoms with Gasteiger partial charge in [-0.05, 0) is 18.9 Å². The summed E-state index contributed by atoms with van der Waals surface area (Å²) >= 11 is 0. The van der Waals surface area contributed by atoms with Crippen molar-refractivity contribution in [2.45, 2.75) is 19.4 Å². The highest BCUT2D eigenvalue weighted by Crippen LogP contribution is 2.12. The lowest BCUT2D eigenvalue weighted by molar-refractivity contribution is 0.0413. The molecule has 10 heavy (non-hydrogen) atoms. The second kappa shape index (κ2) is 4.94. The number of piperidine rings is 1. The van der Waals surface area contributed by atoms with Gasteiger partial charge in [-0.3, -0.25) is 0 Å². The summed E-state index contributed by atoms with van der Waals surface area (Å²) in [5.41, 5.74) is 0. The van der Waals surface area contributed by atoms with Crippen LogP contribution in [0.2, 0.25) is 0 Å². The zero-order valence-corrected chi connectivity index (χ0v) is 7.41. The lowest BCUT2D eigenvalue weighted by Gasteiger charge is -2.27. The van der Waals surface area contributed by atoms with Crippen molar-refractivity contribution in [3.05, 3.63) is 0 Å². The van der Waals surface area contributed by atoms with Gasteiger partial charge in [0.05, 0.1) is 6.10 Å². The predicted molar refractivity (Wildman–Crippen MR) is 44.7 cm³/mol. The van der Waals surface area contributed by atoms with Crippen molar-refractivity contribution in [2.75, 3.05) is 20.2 Å². The Hall–Kier alpha value is 0.210. The summed E-state index contributed by atoms with van der Waals surface area (Å²) in [5.74, 6) is 0.733. The average Bonchev–Trinajstić information content (AvgIpc) is 1.89. The molecule has 0 aromatic carbocycles. The van der Waals surface area contributed by atoms with Crippen LogP contribution in [-0.2, 0) is 4.74 Å². The number of methoxy groups -OCH3 is 1. The molecule has 1 saturated heterocycles. The zero-order valence-electron chi connectivity index (χ0n) is 6.59. The lowest BCUT2D eigenvalue weighted by atomic mass is 9.97. The van der Waals surface area contributed by atoms with Gasteiger partial charge in [-0.1, -0.05) is 6.92 Å². The maximum Gasteiger partial charge on any atom is 0.0721 e. The van der Waals surface area contributed by atoms with E-state index >= 15 is 0 Å². The molecule has 2 nitrogen and oxygen atoms in total. The molecule has 2 atom stereocenters. The first-order chi connectivity index (χ1) is 4.34. The fourth-order valence-corrected chi connectivity index (χ4v) is 1.28. The fourth-order valence-electron chi connectivity index (χ4n) is 1.28. The molecule has 0 amide bonds. The quantitative estimate of drug-likeness (QED) is 0.628. The molecule has 0 aliphatic carbocycles. The third kappa shape index (κ3) is 2.45. The topological polar surface area (TPSA) is 21.3 Å². The van der Waals surface area contributed by atoms with Crippen molar-refractivity contribution in [3.63, 3.8) is 0 Å². The highest BCUT2D eigenvalue weighted by atomic mass is 35.5. The molecule has 1 aliphatic heterocycles. The zero-order chi connectivity index (χ0) is 6.69. The molecule has 0 radical (unpaired) electrons. The summed E-state index contributed by atoms with van der Waals surface area (Å²) in [6, 6.07) is 0. The van der Waals surface area contributed by atoms with Crippen molar-refractivity contribution in [2.24, 2.45) is 5.92 Å². The van der Waals surface area contributed by atoms with E-state index in [0.29, 0.717) is 6.10 Å². The Balaban J connectivity index is 0.000000810. The molecule has 62 valence electrons. The van der Waals surface area contributed by atoms with Crippen LogP contribution in [0.4, 0.5) is 0 Å². The number of rotatable bonds is 1. The monoisotopic (exact) mass is 165 g/mol. The Kier molecular flexibility index (Phi) is 5.04. The van der Waals surface area contributed by atoms with Crippen molar-refractivity contribution < 1.29 is 4.74 Å². The molecule has 1 heterocycles. The Morgan fingerprint density at radius 3 is 2.60 bits per heavy atom. The highest BCUT2D eigenvalue weighted by molar-refractivity contribution is 5.85. The van der Waals surface area contributed by atoms with E-state index in [2.05, 4.69) is 12.2 Å². The standard InChI is InChI=1S/C7H15NO.ClH/c1-6-3-4-8-5-7(6)9-2;/h6-8H,3-5H2,1-2H3;1H. The average molecular weight is 166 g/mol. The molecule has 1 aliphatic rings. The van der Waals surface area contributed by atoms with Crippen LogP contribution in [0, 0.1) is 5.92 Å². The maximum absolute atomic E-state index is 5.24. The first-order valence-electron chi connectivity index (χ1n) is 3.58. The molecule has 0 spiro atoms. The van der Waals surface area contributed by atoms with Gasteiger partial charge in [0.25, 0.3) is 0 Å². The summed E-state index contributed by atoms with van der Waals surface area (Å²) in [6.07, 6.45) is 1.69. The van der Waals surface area contributed by atoms with E-state index in [1.807, 2.05) is 0 Å². The van der Waals surface area contributed by atoms with Gasteiger partial charge in [0.1, 0.15) is 0 Å². The minimum absolute atomic E-state index is 0. The van der Waals surface area contributed by atoms with Crippen molar-refractivity contribution in [1.82, 2.24) is 5.32 Å². The van der Waals surface area contributed by atoms with E-state index in [4.69, 9.17) is 4.74 Å². The number of halogens is 1. The summed E-state index contributed by atoms with van der Waals surface area (Å²) in [5, 5.41) is 3.29. The summed E-state index contributed by atoms with van der Waals surface area (Å²) in [4.78, 5) is 0. The van der Waals surface area contributed by atoms with Crippen LogP contribution >= 0.6 is 12.4 Å². The van der Waals surface area contributed by atoms with E-state index in [1.165, 1.54) is 6.42 Å². The summed E-state index contributed by atoms with van der Waals surface area (Å²) in [6.45, 7) is 4.42. The van der Waals surface area contributed by atoms with Gasteiger partial charge in [-0.15, -0.1) is 12.4 Å². The lowest BCUT2D eigenvalue weighted by Crippen LogP contribution is -2.40. The van der Waals surface area contributed by atoms with Gasteiger partial charge in [-0.25, -0.2) is 0 Å². The molecular weight excluding hydrogens is 150 g/mol. The van der Waals surface area contributed by atoms with Crippen LogP contribution in [0.5, 0.6) is 0 Å². The van der Waals surface area contributed by atoms with Gasteiger partial charge in [-0.2, -0.15) is 0 Å². The Morgan fingerprint density at radius 1 is 1.50 bits per heavy atom. The van der Waals surface area contributed by atoms with Crippen molar-refractivity contribution in [3.8, 4) is 0 Å². The van der Waals surface area contributed by atoms with Gasteiger partial charge >= 0.3 is 0 Å². The second-order valence-electron chi connectivity index (χ2n) is 2.74. The highest BCUT2D eigenvalue weighted by Gasteiger charge is 2.19. The molecule has 2 unspecified atom stereocenters. The van der Waals surface area contributed by atoms with Crippen LogP contribution in [0.25, 0.3) is 0 Å². The molecule has 1 N–H and O–H groups in total. The Labute approximate surface area is 68.7 Å². The van der Waals surface area contributed by atoms with E-state index in [0.717, 1.165) is 19.0 Å². The van der Waals surface area contributed by atoms with Crippen LogP contribution in [-0.4, -0.2) is 26.3 Å². The number of hydrogen-bond donors (Lipinski definition) is 1. The number of ether oxygens (including phenoxy) is 1. The molecular formula is C7H16ClNO. The smallest absolute Gasteiger partial charge is 0.0721 e. The normalized spacial score (nSPS) is 33.0. The number of nitrogens with one attached hydrogen (secondary N) is 1. The summed E-state index contributed by atoms with van der Waals surface area (Å²) < 4.78 is 5.24. The van der Waals surface area contributed by atoms with E-state index in [-0.39, 0.29) is 12.4 Å². The van der Waals surface area contributed by atoms with Gasteiger partial charge in [0, 0.05) is 13.7 Å². The molecule has 1 fully saturated rings. The van der Waals surface area contributed by atoms with Crippen LogP contribution in [0.1, 0.15) is 13.3 Å². The Bertz CT molecular complexity index is 89.7. The van der Waals surface area contributed by atoms with Crippen LogP contribution in [0.15, 0.2) is 0 Å². The second-order valence-corrected chi connectivity index (χ2v) is 2.74. The van der Waals surface area contributed by atoms with E-state index in [1.54, 1.807) is 7.11 Å². The first kappa shape index (κ1) is 10.2. The van der Waals surface area contributed by atoms with Crippen molar-refractivity contribution >= 4 is 12.4 Å². The van der Waals surface area contributed by atoms with Crippen molar-refractivity contribution in [1.29, 1.82) is 0 Å². The van der Waals surface area contributed by atoms with E-state index < -0.39 is 0 Å².